The quantitative estimate of drug-likeness (QED) is 0.733. The average molecular weight is 292 g/mol. The second-order valence-electron chi connectivity index (χ2n) is 6.38. The fourth-order valence-electron chi connectivity index (χ4n) is 4.05. The Kier molecular flexibility index (Phi) is 5.76. The van der Waals surface area contributed by atoms with E-state index >= 15 is 0 Å². The minimum absolute atomic E-state index is 0.0206. The molecule has 0 N–H and O–H groups in total. The Morgan fingerprint density at radius 1 is 0.950 bits per heavy atom. The van der Waals surface area contributed by atoms with E-state index in [1.165, 1.54) is 0 Å². The summed E-state index contributed by atoms with van der Waals surface area (Å²) in [6, 6.07) is 0. The molecule has 2 rings (SSSR count). The van der Waals surface area contributed by atoms with Gasteiger partial charge in [-0.1, -0.05) is 13.3 Å². The number of rotatable bonds is 4. The van der Waals surface area contributed by atoms with Gasteiger partial charge in [0.15, 0.2) is 0 Å². The van der Waals surface area contributed by atoms with E-state index in [1.807, 2.05) is 13.8 Å². The molecule has 7 unspecified atom stereocenters. The van der Waals surface area contributed by atoms with Gasteiger partial charge < -0.3 is 4.74 Å². The van der Waals surface area contributed by atoms with E-state index in [4.69, 9.17) is 4.74 Å². The summed E-state index contributed by atoms with van der Waals surface area (Å²) in [7, 11) is 0. The fraction of sp³-hybridized carbons (Fsp3) is 1.00. The third-order valence-corrected chi connectivity index (χ3v) is 5.30. The van der Waals surface area contributed by atoms with Gasteiger partial charge in [-0.15, -0.1) is 0 Å². The van der Waals surface area contributed by atoms with E-state index in [-0.39, 0.29) is 23.9 Å². The Balaban J connectivity index is 1.93. The van der Waals surface area contributed by atoms with Gasteiger partial charge in [-0.3, -0.25) is 0 Å². The molecule has 0 aromatic heterocycles. The van der Waals surface area contributed by atoms with Crippen LogP contribution in [-0.2, 0) is 4.74 Å². The first-order valence-electron chi connectivity index (χ1n) is 8.12. The maximum absolute atomic E-state index is 14.3. The summed E-state index contributed by atoms with van der Waals surface area (Å²) in [6.45, 7) is 4.28. The molecule has 0 aromatic carbocycles. The summed E-state index contributed by atoms with van der Waals surface area (Å²) >= 11 is 0. The minimum Gasteiger partial charge on any atom is -0.375 e. The number of hydrogen-bond acceptors (Lipinski definition) is 1. The Labute approximate surface area is 120 Å². The van der Waals surface area contributed by atoms with E-state index in [9.17, 15) is 13.2 Å². The molecule has 0 bridgehead atoms. The Bertz CT molecular complexity index is 299. The van der Waals surface area contributed by atoms with Crippen LogP contribution >= 0.6 is 0 Å². The number of halogens is 3. The molecule has 0 heterocycles. The van der Waals surface area contributed by atoms with E-state index < -0.39 is 18.5 Å². The zero-order chi connectivity index (χ0) is 14.7. The molecule has 0 spiro atoms. The van der Waals surface area contributed by atoms with Gasteiger partial charge in [0.05, 0.1) is 6.10 Å². The van der Waals surface area contributed by atoms with Crippen molar-refractivity contribution in [2.24, 2.45) is 17.8 Å². The fourth-order valence-corrected chi connectivity index (χ4v) is 4.05. The van der Waals surface area contributed by atoms with Gasteiger partial charge in [-0.2, -0.15) is 0 Å². The van der Waals surface area contributed by atoms with E-state index in [0.717, 1.165) is 12.8 Å². The predicted octanol–water partition coefficient (Wildman–Crippen LogP) is 4.64. The summed E-state index contributed by atoms with van der Waals surface area (Å²) < 4.78 is 47.8. The van der Waals surface area contributed by atoms with Gasteiger partial charge in [-0.05, 0) is 56.8 Å². The smallest absolute Gasteiger partial charge is 0.134 e. The molecule has 0 aromatic rings. The zero-order valence-corrected chi connectivity index (χ0v) is 12.5. The Hall–Kier alpha value is -0.250. The van der Waals surface area contributed by atoms with Gasteiger partial charge in [0, 0.05) is 6.61 Å². The second-order valence-corrected chi connectivity index (χ2v) is 6.38. The van der Waals surface area contributed by atoms with E-state index in [2.05, 4.69) is 0 Å². The minimum atomic E-state index is -1.41. The number of ether oxygens (including phenoxy) is 1. The third-order valence-electron chi connectivity index (χ3n) is 5.30. The molecule has 2 fully saturated rings. The van der Waals surface area contributed by atoms with Crippen molar-refractivity contribution in [3.63, 3.8) is 0 Å². The lowest BCUT2D eigenvalue weighted by molar-refractivity contribution is -0.0626. The van der Waals surface area contributed by atoms with Gasteiger partial charge in [0.25, 0.3) is 0 Å². The summed E-state index contributed by atoms with van der Waals surface area (Å²) in [4.78, 5) is 0. The summed E-state index contributed by atoms with van der Waals surface area (Å²) in [6.07, 6.45) is -0.268. The molecule has 7 atom stereocenters. The van der Waals surface area contributed by atoms with Crippen LogP contribution in [0.2, 0.25) is 0 Å². The van der Waals surface area contributed by atoms with Crippen molar-refractivity contribution in [2.45, 2.75) is 77.0 Å². The second kappa shape index (κ2) is 7.15. The van der Waals surface area contributed by atoms with Crippen LogP contribution < -0.4 is 0 Å². The van der Waals surface area contributed by atoms with Gasteiger partial charge in [0.2, 0.25) is 0 Å². The Morgan fingerprint density at radius 3 is 2.30 bits per heavy atom. The van der Waals surface area contributed by atoms with Crippen molar-refractivity contribution < 1.29 is 17.9 Å². The molecule has 118 valence electrons. The Morgan fingerprint density at radius 2 is 1.70 bits per heavy atom. The van der Waals surface area contributed by atoms with Gasteiger partial charge >= 0.3 is 0 Å². The lowest BCUT2D eigenvalue weighted by Gasteiger charge is -2.42. The highest BCUT2D eigenvalue weighted by molar-refractivity contribution is 4.93. The van der Waals surface area contributed by atoms with E-state index in [1.54, 1.807) is 0 Å². The molecule has 0 radical (unpaired) electrons. The predicted molar refractivity (Wildman–Crippen MR) is 73.9 cm³/mol. The first kappa shape index (κ1) is 16.1. The molecule has 1 nitrogen and oxygen atoms in total. The molecule has 0 aliphatic heterocycles. The molecular formula is C16H27F3O. The van der Waals surface area contributed by atoms with Crippen molar-refractivity contribution in [3.05, 3.63) is 0 Å². The molecule has 0 saturated heterocycles. The van der Waals surface area contributed by atoms with Crippen molar-refractivity contribution in [1.82, 2.24) is 0 Å². The topological polar surface area (TPSA) is 9.23 Å². The van der Waals surface area contributed by atoms with Crippen molar-refractivity contribution in [3.8, 4) is 0 Å². The van der Waals surface area contributed by atoms with Crippen LogP contribution in [0.4, 0.5) is 13.2 Å². The van der Waals surface area contributed by atoms with Crippen molar-refractivity contribution >= 4 is 0 Å². The highest BCUT2D eigenvalue weighted by atomic mass is 19.2. The van der Waals surface area contributed by atoms with Crippen LogP contribution in [0.3, 0.4) is 0 Å². The largest absolute Gasteiger partial charge is 0.375 e. The summed E-state index contributed by atoms with van der Waals surface area (Å²) in [5.41, 5.74) is 0. The highest BCUT2D eigenvalue weighted by Crippen LogP contribution is 2.44. The first-order chi connectivity index (χ1) is 9.58. The van der Waals surface area contributed by atoms with Crippen LogP contribution in [-0.4, -0.2) is 31.2 Å². The van der Waals surface area contributed by atoms with Crippen LogP contribution in [0.1, 0.15) is 52.4 Å². The molecule has 20 heavy (non-hydrogen) atoms. The average Bonchev–Trinajstić information content (AvgIpc) is 2.44. The van der Waals surface area contributed by atoms with Crippen LogP contribution in [0, 0.1) is 17.8 Å². The first-order valence-corrected chi connectivity index (χ1v) is 8.12. The highest BCUT2D eigenvalue weighted by Gasteiger charge is 2.45. The zero-order valence-electron chi connectivity index (χ0n) is 12.5. The van der Waals surface area contributed by atoms with Crippen molar-refractivity contribution in [2.75, 3.05) is 6.61 Å². The van der Waals surface area contributed by atoms with Gasteiger partial charge in [-0.25, -0.2) is 13.2 Å². The molecule has 2 aliphatic carbocycles. The summed E-state index contributed by atoms with van der Waals surface area (Å²) in [5, 5.41) is 0. The maximum atomic E-state index is 14.3. The molecule has 2 saturated carbocycles. The van der Waals surface area contributed by atoms with E-state index in [0.29, 0.717) is 32.3 Å². The summed E-state index contributed by atoms with van der Waals surface area (Å²) in [5.74, 6) is -0.469. The molecule has 4 heteroatoms. The lowest BCUT2D eigenvalue weighted by Crippen LogP contribution is -2.44. The third kappa shape index (κ3) is 3.32. The SMILES string of the molecule is CCOC1CCC(C2CCC(CC)C(F)C2F)CC1F. The van der Waals surface area contributed by atoms with Crippen LogP contribution in [0.5, 0.6) is 0 Å². The van der Waals surface area contributed by atoms with Crippen LogP contribution in [0.15, 0.2) is 0 Å². The molecular weight excluding hydrogens is 265 g/mol. The monoisotopic (exact) mass is 292 g/mol. The lowest BCUT2D eigenvalue weighted by atomic mass is 9.68. The van der Waals surface area contributed by atoms with Crippen LogP contribution in [0.25, 0.3) is 0 Å². The number of hydrogen-bond donors (Lipinski definition) is 0. The maximum Gasteiger partial charge on any atom is 0.134 e. The standard InChI is InChI=1S/C16H27F3O/c1-3-10-5-7-12(16(19)15(10)18)11-6-8-14(20-4-2)13(17)9-11/h10-16H,3-9H2,1-2H3. The molecule has 2 aliphatic rings. The van der Waals surface area contributed by atoms with Crippen molar-refractivity contribution in [1.29, 1.82) is 0 Å². The normalized spacial score (nSPS) is 46.4. The van der Waals surface area contributed by atoms with Gasteiger partial charge in [0.1, 0.15) is 18.5 Å². The molecule has 0 amide bonds. The number of alkyl halides is 3.